The van der Waals surface area contributed by atoms with Crippen LogP contribution in [0.3, 0.4) is 0 Å². The van der Waals surface area contributed by atoms with Crippen LogP contribution in [0.15, 0.2) is 41.4 Å². The van der Waals surface area contributed by atoms with Crippen molar-refractivity contribution in [2.75, 3.05) is 6.26 Å². The van der Waals surface area contributed by atoms with Gasteiger partial charge in [-0.1, -0.05) is 12.1 Å². The highest BCUT2D eigenvalue weighted by molar-refractivity contribution is 7.98. The molecule has 2 aromatic heterocycles. The van der Waals surface area contributed by atoms with Crippen molar-refractivity contribution in [1.82, 2.24) is 14.4 Å². The van der Waals surface area contributed by atoms with Crippen LogP contribution in [-0.4, -0.2) is 20.6 Å². The number of imidazole rings is 1. The number of aromatic nitrogens is 3. The molecule has 0 N–H and O–H groups in total. The van der Waals surface area contributed by atoms with Crippen LogP contribution in [0.4, 0.5) is 0 Å². The summed E-state index contributed by atoms with van der Waals surface area (Å²) in [7, 11) is 0. The summed E-state index contributed by atoms with van der Waals surface area (Å²) in [6.07, 6.45) is 4.13. The maximum atomic E-state index is 4.61. The first kappa shape index (κ1) is 12.2. The minimum absolute atomic E-state index is 0.765. The molecule has 0 amide bonds. The van der Waals surface area contributed by atoms with Gasteiger partial charge in [0.2, 0.25) is 5.78 Å². The summed E-state index contributed by atoms with van der Waals surface area (Å²) in [5.41, 5.74) is 4.25. The predicted octanol–water partition coefficient (Wildman–Crippen LogP) is 3.74. The Kier molecular flexibility index (Phi) is 3.03. The molecule has 0 atom stereocenters. The zero-order chi connectivity index (χ0) is 13.4. The highest BCUT2D eigenvalue weighted by Gasteiger charge is 2.07. The highest BCUT2D eigenvalue weighted by atomic mass is 32.2. The molecule has 0 aliphatic rings. The second-order valence-electron chi connectivity index (χ2n) is 4.56. The molecular formula is C15H15N3S. The van der Waals surface area contributed by atoms with Gasteiger partial charge < -0.3 is 0 Å². The predicted molar refractivity (Wildman–Crippen MR) is 79.7 cm³/mol. The molecule has 0 saturated heterocycles. The van der Waals surface area contributed by atoms with E-state index >= 15 is 0 Å². The van der Waals surface area contributed by atoms with Crippen LogP contribution in [0.1, 0.15) is 11.4 Å². The number of fused-ring (bicyclic) bond motifs is 1. The van der Waals surface area contributed by atoms with Gasteiger partial charge in [0, 0.05) is 28.0 Å². The van der Waals surface area contributed by atoms with Crippen LogP contribution in [0, 0.1) is 13.8 Å². The van der Waals surface area contributed by atoms with E-state index in [4.69, 9.17) is 0 Å². The SMILES string of the molecule is CSc1ccc(-c2cn3c(C)cc(C)nc3n2)cc1. The molecule has 0 bridgehead atoms. The fourth-order valence-electron chi connectivity index (χ4n) is 2.17. The smallest absolute Gasteiger partial charge is 0.234 e. The lowest BCUT2D eigenvalue weighted by molar-refractivity contribution is 1.01. The molecule has 3 nitrogen and oxygen atoms in total. The number of hydrogen-bond acceptors (Lipinski definition) is 3. The molecule has 3 rings (SSSR count). The number of nitrogens with zero attached hydrogens (tertiary/aromatic N) is 3. The molecule has 0 saturated carbocycles. The molecule has 0 spiro atoms. The normalized spacial score (nSPS) is 11.1. The van der Waals surface area contributed by atoms with Crippen LogP contribution < -0.4 is 0 Å². The number of thioether (sulfide) groups is 1. The van der Waals surface area contributed by atoms with Crippen LogP contribution in [0.5, 0.6) is 0 Å². The van der Waals surface area contributed by atoms with Crippen molar-refractivity contribution in [2.45, 2.75) is 18.7 Å². The molecule has 0 fully saturated rings. The fourth-order valence-corrected chi connectivity index (χ4v) is 2.58. The molecule has 0 aliphatic carbocycles. The Morgan fingerprint density at radius 2 is 1.79 bits per heavy atom. The average molecular weight is 269 g/mol. The Morgan fingerprint density at radius 3 is 2.47 bits per heavy atom. The van der Waals surface area contributed by atoms with Crippen molar-refractivity contribution >= 4 is 17.5 Å². The van der Waals surface area contributed by atoms with Gasteiger partial charge in [0.15, 0.2) is 0 Å². The van der Waals surface area contributed by atoms with Crippen molar-refractivity contribution in [3.8, 4) is 11.3 Å². The van der Waals surface area contributed by atoms with E-state index in [1.807, 2.05) is 17.5 Å². The number of rotatable bonds is 2. The van der Waals surface area contributed by atoms with Crippen molar-refractivity contribution in [1.29, 1.82) is 0 Å². The highest BCUT2D eigenvalue weighted by Crippen LogP contribution is 2.23. The number of benzene rings is 1. The lowest BCUT2D eigenvalue weighted by atomic mass is 10.2. The zero-order valence-electron chi connectivity index (χ0n) is 11.2. The molecule has 0 radical (unpaired) electrons. The molecule has 96 valence electrons. The molecule has 1 aromatic carbocycles. The van der Waals surface area contributed by atoms with Crippen LogP contribution in [0.2, 0.25) is 0 Å². The third-order valence-corrected chi connectivity index (χ3v) is 3.89. The second-order valence-corrected chi connectivity index (χ2v) is 5.44. The zero-order valence-corrected chi connectivity index (χ0v) is 12.0. The molecule has 0 unspecified atom stereocenters. The summed E-state index contributed by atoms with van der Waals surface area (Å²) in [6.45, 7) is 4.07. The van der Waals surface area contributed by atoms with E-state index in [0.29, 0.717) is 0 Å². The lowest BCUT2D eigenvalue weighted by Gasteiger charge is -1.99. The van der Waals surface area contributed by atoms with Crippen molar-refractivity contribution in [2.24, 2.45) is 0 Å². The van der Waals surface area contributed by atoms with Crippen molar-refractivity contribution in [3.63, 3.8) is 0 Å². The average Bonchev–Trinajstić information content (AvgIpc) is 2.83. The monoisotopic (exact) mass is 269 g/mol. The first-order chi connectivity index (χ1) is 9.17. The Bertz CT molecular complexity index is 729. The Labute approximate surface area is 116 Å². The first-order valence-corrected chi connectivity index (χ1v) is 7.37. The van der Waals surface area contributed by atoms with Crippen molar-refractivity contribution in [3.05, 3.63) is 47.9 Å². The van der Waals surface area contributed by atoms with Gasteiger partial charge in [0.1, 0.15) is 0 Å². The van der Waals surface area contributed by atoms with Gasteiger partial charge >= 0.3 is 0 Å². The van der Waals surface area contributed by atoms with E-state index in [1.165, 1.54) is 4.90 Å². The Balaban J connectivity index is 2.12. The Hall–Kier alpha value is -1.81. The summed E-state index contributed by atoms with van der Waals surface area (Å²) in [6, 6.07) is 10.5. The third kappa shape index (κ3) is 2.24. The maximum absolute atomic E-state index is 4.61. The van der Waals surface area contributed by atoms with E-state index in [0.717, 1.165) is 28.4 Å². The quantitative estimate of drug-likeness (QED) is 0.664. The first-order valence-electron chi connectivity index (χ1n) is 6.15. The van der Waals surface area contributed by atoms with Gasteiger partial charge in [0.25, 0.3) is 0 Å². The second kappa shape index (κ2) is 4.70. The number of hydrogen-bond donors (Lipinski definition) is 0. The van der Waals surface area contributed by atoms with Gasteiger partial charge in [-0.3, -0.25) is 4.40 Å². The van der Waals surface area contributed by atoms with Gasteiger partial charge in [-0.25, -0.2) is 9.97 Å². The summed E-state index contributed by atoms with van der Waals surface area (Å²) in [4.78, 5) is 10.3. The summed E-state index contributed by atoms with van der Waals surface area (Å²) in [5, 5.41) is 0. The van der Waals surface area contributed by atoms with Crippen molar-refractivity contribution < 1.29 is 0 Å². The van der Waals surface area contributed by atoms with Crippen LogP contribution in [0.25, 0.3) is 17.0 Å². The van der Waals surface area contributed by atoms with Gasteiger partial charge in [0.05, 0.1) is 5.69 Å². The molecule has 3 aromatic rings. The number of aryl methyl sites for hydroxylation is 2. The van der Waals surface area contributed by atoms with Crippen LogP contribution >= 0.6 is 11.8 Å². The van der Waals surface area contributed by atoms with E-state index in [-0.39, 0.29) is 0 Å². The fraction of sp³-hybridized carbons (Fsp3) is 0.200. The summed E-state index contributed by atoms with van der Waals surface area (Å²) >= 11 is 1.74. The molecule has 19 heavy (non-hydrogen) atoms. The minimum Gasteiger partial charge on any atom is -0.288 e. The minimum atomic E-state index is 0.765. The molecule has 0 aliphatic heterocycles. The molecule has 4 heteroatoms. The van der Waals surface area contributed by atoms with Crippen LogP contribution in [-0.2, 0) is 0 Å². The van der Waals surface area contributed by atoms with E-state index in [1.54, 1.807) is 11.8 Å². The van der Waals surface area contributed by atoms with E-state index in [2.05, 4.69) is 53.5 Å². The largest absolute Gasteiger partial charge is 0.288 e. The topological polar surface area (TPSA) is 30.2 Å². The third-order valence-electron chi connectivity index (χ3n) is 3.15. The molecular weight excluding hydrogens is 254 g/mol. The maximum Gasteiger partial charge on any atom is 0.234 e. The standard InChI is InChI=1S/C15H15N3S/c1-10-8-11(2)18-9-14(17-15(18)16-10)12-4-6-13(19-3)7-5-12/h4-9H,1-3H3. The Morgan fingerprint density at radius 1 is 1.05 bits per heavy atom. The lowest BCUT2D eigenvalue weighted by Crippen LogP contribution is -1.94. The van der Waals surface area contributed by atoms with E-state index < -0.39 is 0 Å². The summed E-state index contributed by atoms with van der Waals surface area (Å²) in [5.74, 6) is 0.765. The van der Waals surface area contributed by atoms with Gasteiger partial charge in [-0.2, -0.15) is 0 Å². The van der Waals surface area contributed by atoms with Gasteiger partial charge in [-0.15, -0.1) is 11.8 Å². The van der Waals surface area contributed by atoms with E-state index in [9.17, 15) is 0 Å². The molecule has 2 heterocycles. The summed E-state index contributed by atoms with van der Waals surface area (Å²) < 4.78 is 2.03. The van der Waals surface area contributed by atoms with Gasteiger partial charge in [-0.05, 0) is 38.3 Å².